The zero-order chi connectivity index (χ0) is 22.1. The second-order valence-corrected chi connectivity index (χ2v) is 9.64. The first kappa shape index (κ1) is 21.4. The number of allylic oxidation sites excluding steroid dienone is 4. The Labute approximate surface area is 191 Å². The van der Waals surface area contributed by atoms with E-state index in [2.05, 4.69) is 48.7 Å². The van der Waals surface area contributed by atoms with Crippen molar-refractivity contribution in [3.05, 3.63) is 47.6 Å². The second kappa shape index (κ2) is 9.22. The second-order valence-electron chi connectivity index (χ2n) is 9.64. The van der Waals surface area contributed by atoms with Crippen LogP contribution in [0.15, 0.2) is 41.4 Å². The van der Waals surface area contributed by atoms with E-state index in [9.17, 15) is 4.79 Å². The molecule has 5 heteroatoms. The number of aliphatic imine (C=N–C) groups is 1. The molecule has 2 amide bonds. The number of rotatable bonds is 4. The predicted molar refractivity (Wildman–Crippen MR) is 129 cm³/mol. The van der Waals surface area contributed by atoms with Crippen molar-refractivity contribution in [1.29, 1.82) is 0 Å². The van der Waals surface area contributed by atoms with Crippen molar-refractivity contribution >= 4 is 23.0 Å². The van der Waals surface area contributed by atoms with Crippen molar-refractivity contribution in [3.63, 3.8) is 0 Å². The molecule has 0 bridgehead atoms. The molecule has 1 atom stereocenters. The van der Waals surface area contributed by atoms with Crippen LogP contribution in [0.4, 0.5) is 10.5 Å². The average Bonchev–Trinajstić information content (AvgIpc) is 3.23. The van der Waals surface area contributed by atoms with Crippen LogP contribution in [0.25, 0.3) is 5.57 Å². The van der Waals surface area contributed by atoms with Gasteiger partial charge in [-0.15, -0.1) is 0 Å². The number of nitrogens with one attached hydrogen (secondary N) is 1. The van der Waals surface area contributed by atoms with Gasteiger partial charge in [-0.05, 0) is 62.5 Å². The topological polar surface area (TPSA) is 53.9 Å². The van der Waals surface area contributed by atoms with Crippen LogP contribution in [0, 0.1) is 11.8 Å². The molecule has 2 aliphatic carbocycles. The Balaban J connectivity index is 1.19. The van der Waals surface area contributed by atoms with Gasteiger partial charge in [0, 0.05) is 43.3 Å². The third-order valence-electron chi connectivity index (χ3n) is 7.86. The molecular weight excluding hydrogens is 398 g/mol. The summed E-state index contributed by atoms with van der Waals surface area (Å²) in [5, 5.41) is 3.27. The fourth-order valence-electron chi connectivity index (χ4n) is 5.94. The summed E-state index contributed by atoms with van der Waals surface area (Å²) < 4.78 is 5.45. The average molecular weight is 434 g/mol. The van der Waals surface area contributed by atoms with Crippen LogP contribution in [0.5, 0.6) is 0 Å². The zero-order valence-corrected chi connectivity index (χ0v) is 19.3. The number of hydrogen-bond acceptors (Lipinski definition) is 3. The first-order valence-corrected chi connectivity index (χ1v) is 12.4. The Hall–Kier alpha value is -2.40. The minimum absolute atomic E-state index is 0.113. The largest absolute Gasteiger partial charge is 0.381 e. The van der Waals surface area contributed by atoms with E-state index in [1.807, 2.05) is 4.90 Å². The molecule has 1 unspecified atom stereocenters. The number of aryl methyl sites for hydroxylation is 1. The van der Waals surface area contributed by atoms with Crippen molar-refractivity contribution in [2.45, 2.75) is 64.0 Å². The number of urea groups is 1. The maximum absolute atomic E-state index is 12.8. The number of amides is 2. The highest BCUT2D eigenvalue weighted by molar-refractivity contribution is 6.31. The lowest BCUT2D eigenvalue weighted by Gasteiger charge is -2.37. The van der Waals surface area contributed by atoms with Crippen molar-refractivity contribution < 1.29 is 9.53 Å². The fraction of sp³-hybridized carbons (Fsp3) is 0.556. The quantitative estimate of drug-likeness (QED) is 0.702. The molecule has 4 aliphatic rings. The first-order valence-electron chi connectivity index (χ1n) is 12.4. The highest BCUT2D eigenvalue weighted by Crippen LogP contribution is 2.44. The molecule has 32 heavy (non-hydrogen) atoms. The van der Waals surface area contributed by atoms with Gasteiger partial charge in [-0.25, -0.2) is 4.79 Å². The van der Waals surface area contributed by atoms with Crippen molar-refractivity contribution in [2.24, 2.45) is 16.8 Å². The molecule has 0 spiro atoms. The van der Waals surface area contributed by atoms with Crippen molar-refractivity contribution in [3.8, 4) is 0 Å². The Morgan fingerprint density at radius 3 is 2.66 bits per heavy atom. The van der Waals surface area contributed by atoms with E-state index in [0.717, 1.165) is 63.7 Å². The summed E-state index contributed by atoms with van der Waals surface area (Å²) in [6.07, 6.45) is 14.3. The molecule has 2 aliphatic heterocycles. The monoisotopic (exact) mass is 433 g/mol. The zero-order valence-electron chi connectivity index (χ0n) is 19.3. The summed E-state index contributed by atoms with van der Waals surface area (Å²) in [5.74, 6) is 0.885. The van der Waals surface area contributed by atoms with Crippen LogP contribution in [-0.4, -0.2) is 49.0 Å². The maximum Gasteiger partial charge on any atom is 0.317 e. The third kappa shape index (κ3) is 4.03. The van der Waals surface area contributed by atoms with E-state index < -0.39 is 0 Å². The molecular formula is C27H35N3O2. The fourth-order valence-corrected chi connectivity index (χ4v) is 5.94. The highest BCUT2D eigenvalue weighted by atomic mass is 16.5. The van der Waals surface area contributed by atoms with E-state index >= 15 is 0 Å². The number of benzene rings is 1. The molecule has 1 aromatic rings. The Morgan fingerprint density at radius 2 is 1.94 bits per heavy atom. The van der Waals surface area contributed by atoms with Crippen LogP contribution in [0.1, 0.15) is 56.6 Å². The predicted octanol–water partition coefficient (Wildman–Crippen LogP) is 5.28. The number of piperidine rings is 1. The molecule has 5 nitrogen and oxygen atoms in total. The molecule has 1 aromatic carbocycles. The number of ether oxygens (including phenoxy) is 1. The van der Waals surface area contributed by atoms with Gasteiger partial charge >= 0.3 is 6.03 Å². The molecule has 2 fully saturated rings. The molecule has 1 saturated heterocycles. The summed E-state index contributed by atoms with van der Waals surface area (Å²) in [7, 11) is 1.78. The molecule has 1 N–H and O–H groups in total. The normalized spacial score (nSPS) is 27.4. The van der Waals surface area contributed by atoms with Crippen LogP contribution in [0.2, 0.25) is 0 Å². The molecule has 5 rings (SSSR count). The van der Waals surface area contributed by atoms with E-state index in [0.29, 0.717) is 24.0 Å². The van der Waals surface area contributed by atoms with E-state index in [1.165, 1.54) is 22.4 Å². The van der Waals surface area contributed by atoms with Gasteiger partial charge in [0.15, 0.2) is 0 Å². The van der Waals surface area contributed by atoms with Crippen LogP contribution >= 0.6 is 0 Å². The SMILES string of the molecule is CCc1cccc2c1C1=CC=CC(C3CCN(C(=O)NC4CCC(OC)CC4)CC3)C1=N2. The van der Waals surface area contributed by atoms with E-state index in [1.54, 1.807) is 7.11 Å². The molecule has 2 heterocycles. The first-order chi connectivity index (χ1) is 15.7. The number of carbonyl (C=O) groups is 1. The minimum atomic E-state index is 0.113. The van der Waals surface area contributed by atoms with Gasteiger partial charge in [0.25, 0.3) is 0 Å². The van der Waals surface area contributed by atoms with Crippen molar-refractivity contribution in [1.82, 2.24) is 10.2 Å². The van der Waals surface area contributed by atoms with Gasteiger partial charge in [0.05, 0.1) is 17.5 Å². The van der Waals surface area contributed by atoms with Crippen LogP contribution < -0.4 is 5.32 Å². The van der Waals surface area contributed by atoms with Gasteiger partial charge < -0.3 is 15.0 Å². The van der Waals surface area contributed by atoms with E-state index in [4.69, 9.17) is 9.73 Å². The Morgan fingerprint density at radius 1 is 1.16 bits per heavy atom. The van der Waals surface area contributed by atoms with Crippen molar-refractivity contribution in [2.75, 3.05) is 20.2 Å². The summed E-state index contributed by atoms with van der Waals surface area (Å²) >= 11 is 0. The summed E-state index contributed by atoms with van der Waals surface area (Å²) in [6, 6.07) is 6.90. The Kier molecular flexibility index (Phi) is 6.18. The van der Waals surface area contributed by atoms with Gasteiger partial charge in [0.1, 0.15) is 0 Å². The smallest absolute Gasteiger partial charge is 0.317 e. The number of fused-ring (bicyclic) bond motifs is 3. The van der Waals surface area contributed by atoms with Gasteiger partial charge in [-0.3, -0.25) is 4.99 Å². The lowest BCUT2D eigenvalue weighted by atomic mass is 9.76. The Bertz CT molecular complexity index is 948. The molecule has 0 radical (unpaired) electrons. The van der Waals surface area contributed by atoms with Crippen LogP contribution in [0.3, 0.4) is 0 Å². The number of carbonyl (C=O) groups excluding carboxylic acids is 1. The highest BCUT2D eigenvalue weighted by Gasteiger charge is 2.36. The van der Waals surface area contributed by atoms with Gasteiger partial charge in [-0.2, -0.15) is 0 Å². The number of nitrogens with zero attached hydrogens (tertiary/aromatic N) is 2. The minimum Gasteiger partial charge on any atom is -0.381 e. The number of likely N-dealkylation sites (tertiary alicyclic amines) is 1. The summed E-state index contributed by atoms with van der Waals surface area (Å²) in [5.41, 5.74) is 6.39. The standard InChI is InChI=1S/C27H35N3O2/c1-3-18-6-4-9-24-25(18)23-8-5-7-22(26(23)29-24)19-14-16-30(17-15-19)27(31)28-20-10-12-21(32-2)13-11-20/h4-9,19-22H,3,10-17H2,1-2H3,(H,28,31). The lowest BCUT2D eigenvalue weighted by molar-refractivity contribution is 0.0623. The number of hydrogen-bond donors (Lipinski definition) is 1. The van der Waals surface area contributed by atoms with Gasteiger partial charge in [-0.1, -0.05) is 37.3 Å². The molecule has 1 saturated carbocycles. The summed E-state index contributed by atoms with van der Waals surface area (Å²) in [6.45, 7) is 3.87. The maximum atomic E-state index is 12.8. The number of methoxy groups -OCH3 is 1. The summed E-state index contributed by atoms with van der Waals surface area (Å²) in [4.78, 5) is 19.9. The molecule has 0 aromatic heterocycles. The lowest BCUT2D eigenvalue weighted by Crippen LogP contribution is -2.49. The van der Waals surface area contributed by atoms with E-state index in [-0.39, 0.29) is 6.03 Å². The van der Waals surface area contributed by atoms with Gasteiger partial charge in [0.2, 0.25) is 0 Å². The third-order valence-corrected chi connectivity index (χ3v) is 7.86. The van der Waals surface area contributed by atoms with Crippen LogP contribution in [-0.2, 0) is 11.2 Å². The molecule has 170 valence electrons.